The van der Waals surface area contributed by atoms with Gasteiger partial charge in [0.05, 0.1) is 5.56 Å². The zero-order valence-corrected chi connectivity index (χ0v) is 12.2. The minimum absolute atomic E-state index is 0.249. The van der Waals surface area contributed by atoms with Gasteiger partial charge in [-0.3, -0.25) is 0 Å². The molecule has 2 rings (SSSR count). The number of nitrogens with zero attached hydrogens (tertiary/aromatic N) is 2. The number of carbonyl (C=O) groups is 1. The van der Waals surface area contributed by atoms with Crippen LogP contribution >= 0.6 is 0 Å². The maximum atomic E-state index is 10.8. The van der Waals surface area contributed by atoms with E-state index in [9.17, 15) is 4.79 Å². The van der Waals surface area contributed by atoms with Crippen LogP contribution in [0.5, 0.6) is 0 Å². The van der Waals surface area contributed by atoms with Crippen molar-refractivity contribution in [2.75, 3.05) is 0 Å². The largest absolute Gasteiger partial charge is 0.478 e. The van der Waals surface area contributed by atoms with Crippen molar-refractivity contribution in [1.29, 1.82) is 0 Å². The van der Waals surface area contributed by atoms with Crippen LogP contribution in [0.2, 0.25) is 0 Å². The lowest BCUT2D eigenvalue weighted by molar-refractivity contribution is 0.0697. The molecule has 0 amide bonds. The molecular formula is C16H20N2O3. The lowest BCUT2D eigenvalue weighted by Crippen LogP contribution is -1.95. The van der Waals surface area contributed by atoms with Crippen molar-refractivity contribution in [3.05, 3.63) is 35.7 Å². The van der Waals surface area contributed by atoms with Crippen LogP contribution in [-0.4, -0.2) is 21.2 Å². The number of hydrogen-bond acceptors (Lipinski definition) is 4. The molecule has 0 atom stereocenters. The van der Waals surface area contributed by atoms with Crippen LogP contribution < -0.4 is 0 Å². The molecule has 0 radical (unpaired) electrons. The number of carboxylic acid groups (broad SMARTS) is 1. The van der Waals surface area contributed by atoms with Gasteiger partial charge in [-0.2, -0.15) is 4.98 Å². The summed E-state index contributed by atoms with van der Waals surface area (Å²) >= 11 is 0. The molecular weight excluding hydrogens is 268 g/mol. The number of aromatic nitrogens is 2. The van der Waals surface area contributed by atoms with Crippen molar-refractivity contribution in [2.45, 2.75) is 45.4 Å². The summed E-state index contributed by atoms with van der Waals surface area (Å²) in [5.41, 5.74) is 1.01. The second kappa shape index (κ2) is 7.57. The standard InChI is InChI=1S/C16H20N2O3/c1-2-3-4-5-6-7-14-17-15(18-21-14)12-8-10-13(11-9-12)16(19)20/h8-11H,2-7H2,1H3,(H,19,20). The smallest absolute Gasteiger partial charge is 0.335 e. The molecule has 1 aromatic heterocycles. The number of benzene rings is 1. The molecule has 5 nitrogen and oxygen atoms in total. The van der Waals surface area contributed by atoms with Crippen LogP contribution in [0.15, 0.2) is 28.8 Å². The van der Waals surface area contributed by atoms with E-state index in [2.05, 4.69) is 17.1 Å². The molecule has 0 aliphatic carbocycles. The Labute approximate surface area is 124 Å². The van der Waals surface area contributed by atoms with E-state index in [-0.39, 0.29) is 5.56 Å². The predicted molar refractivity (Wildman–Crippen MR) is 79.2 cm³/mol. The minimum Gasteiger partial charge on any atom is -0.478 e. The van der Waals surface area contributed by atoms with Crippen LogP contribution in [0.4, 0.5) is 0 Å². The van der Waals surface area contributed by atoms with Gasteiger partial charge in [0.15, 0.2) is 0 Å². The molecule has 0 fully saturated rings. The number of aryl methyl sites for hydroxylation is 1. The average molecular weight is 288 g/mol. The molecule has 0 saturated heterocycles. The van der Waals surface area contributed by atoms with E-state index in [0.717, 1.165) is 18.4 Å². The van der Waals surface area contributed by atoms with Crippen molar-refractivity contribution in [3.63, 3.8) is 0 Å². The molecule has 0 bridgehead atoms. The monoisotopic (exact) mass is 288 g/mol. The third kappa shape index (κ3) is 4.41. The molecule has 21 heavy (non-hydrogen) atoms. The molecule has 0 unspecified atom stereocenters. The number of carboxylic acids is 1. The Morgan fingerprint density at radius 2 is 1.86 bits per heavy atom. The first kappa shape index (κ1) is 15.2. The quantitative estimate of drug-likeness (QED) is 0.744. The first-order valence-electron chi connectivity index (χ1n) is 7.37. The first-order chi connectivity index (χ1) is 10.2. The van der Waals surface area contributed by atoms with Gasteiger partial charge >= 0.3 is 5.97 Å². The number of hydrogen-bond donors (Lipinski definition) is 1. The molecule has 1 aromatic carbocycles. The molecule has 0 spiro atoms. The topological polar surface area (TPSA) is 76.2 Å². The van der Waals surface area contributed by atoms with Crippen LogP contribution in [0.3, 0.4) is 0 Å². The van der Waals surface area contributed by atoms with Gasteiger partial charge < -0.3 is 9.63 Å². The Balaban J connectivity index is 1.91. The van der Waals surface area contributed by atoms with Gasteiger partial charge in [-0.05, 0) is 18.6 Å². The Bertz CT molecular complexity index is 575. The summed E-state index contributed by atoms with van der Waals surface area (Å²) in [6, 6.07) is 6.47. The second-order valence-electron chi connectivity index (χ2n) is 5.06. The van der Waals surface area contributed by atoms with Gasteiger partial charge in [0, 0.05) is 12.0 Å². The zero-order valence-electron chi connectivity index (χ0n) is 12.2. The average Bonchev–Trinajstić information content (AvgIpc) is 2.96. The highest BCUT2D eigenvalue weighted by Crippen LogP contribution is 2.17. The fourth-order valence-corrected chi connectivity index (χ4v) is 2.12. The molecule has 0 aliphatic rings. The number of aromatic carboxylic acids is 1. The normalized spacial score (nSPS) is 10.7. The van der Waals surface area contributed by atoms with Gasteiger partial charge in [0.2, 0.25) is 11.7 Å². The third-order valence-corrected chi connectivity index (χ3v) is 3.35. The van der Waals surface area contributed by atoms with Crippen LogP contribution in [0, 0.1) is 0 Å². The number of rotatable bonds is 8. The lowest BCUT2D eigenvalue weighted by Gasteiger charge is -1.96. The van der Waals surface area contributed by atoms with E-state index in [1.807, 2.05) is 0 Å². The fraction of sp³-hybridized carbons (Fsp3) is 0.438. The Hall–Kier alpha value is -2.17. The van der Waals surface area contributed by atoms with Crippen molar-refractivity contribution >= 4 is 5.97 Å². The Morgan fingerprint density at radius 1 is 1.14 bits per heavy atom. The summed E-state index contributed by atoms with van der Waals surface area (Å²) in [5.74, 6) is 0.210. The SMILES string of the molecule is CCCCCCCc1nc(-c2ccc(C(=O)O)cc2)no1. The van der Waals surface area contributed by atoms with E-state index in [1.54, 1.807) is 24.3 Å². The van der Waals surface area contributed by atoms with Gasteiger partial charge in [-0.1, -0.05) is 49.9 Å². The van der Waals surface area contributed by atoms with Crippen molar-refractivity contribution in [3.8, 4) is 11.4 Å². The van der Waals surface area contributed by atoms with Gasteiger partial charge in [0.25, 0.3) is 0 Å². The van der Waals surface area contributed by atoms with Crippen molar-refractivity contribution in [1.82, 2.24) is 10.1 Å². The highest BCUT2D eigenvalue weighted by molar-refractivity contribution is 5.88. The lowest BCUT2D eigenvalue weighted by atomic mass is 10.1. The van der Waals surface area contributed by atoms with Crippen molar-refractivity contribution < 1.29 is 14.4 Å². The van der Waals surface area contributed by atoms with E-state index < -0.39 is 5.97 Å². The van der Waals surface area contributed by atoms with E-state index in [0.29, 0.717) is 11.7 Å². The molecule has 112 valence electrons. The van der Waals surface area contributed by atoms with Crippen molar-refractivity contribution in [2.24, 2.45) is 0 Å². The molecule has 0 saturated carbocycles. The van der Waals surface area contributed by atoms with Gasteiger partial charge in [0.1, 0.15) is 0 Å². The second-order valence-corrected chi connectivity index (χ2v) is 5.06. The first-order valence-corrected chi connectivity index (χ1v) is 7.37. The highest BCUT2D eigenvalue weighted by atomic mass is 16.5. The molecule has 0 aliphatic heterocycles. The summed E-state index contributed by atoms with van der Waals surface area (Å²) in [7, 11) is 0. The number of unbranched alkanes of at least 4 members (excludes halogenated alkanes) is 4. The van der Waals surface area contributed by atoms with Gasteiger partial charge in [-0.15, -0.1) is 0 Å². The predicted octanol–water partition coefficient (Wildman–Crippen LogP) is 3.95. The van der Waals surface area contributed by atoms with Crippen LogP contribution in [0.1, 0.15) is 55.3 Å². The van der Waals surface area contributed by atoms with E-state index in [1.165, 1.54) is 25.7 Å². The highest BCUT2D eigenvalue weighted by Gasteiger charge is 2.09. The maximum Gasteiger partial charge on any atom is 0.335 e. The van der Waals surface area contributed by atoms with Crippen LogP contribution in [-0.2, 0) is 6.42 Å². The fourth-order valence-electron chi connectivity index (χ4n) is 2.12. The molecule has 5 heteroatoms. The Morgan fingerprint density at radius 3 is 2.52 bits per heavy atom. The maximum absolute atomic E-state index is 10.8. The van der Waals surface area contributed by atoms with Gasteiger partial charge in [-0.25, -0.2) is 4.79 Å². The summed E-state index contributed by atoms with van der Waals surface area (Å²) in [6.07, 6.45) is 6.78. The molecule has 1 N–H and O–H groups in total. The molecule has 1 heterocycles. The zero-order chi connectivity index (χ0) is 15.1. The third-order valence-electron chi connectivity index (χ3n) is 3.35. The summed E-state index contributed by atoms with van der Waals surface area (Å²) in [6.45, 7) is 2.19. The summed E-state index contributed by atoms with van der Waals surface area (Å²) < 4.78 is 5.23. The summed E-state index contributed by atoms with van der Waals surface area (Å²) in [4.78, 5) is 15.1. The van der Waals surface area contributed by atoms with Crippen LogP contribution in [0.25, 0.3) is 11.4 Å². The summed E-state index contributed by atoms with van der Waals surface area (Å²) in [5, 5.41) is 12.8. The Kier molecular flexibility index (Phi) is 5.49. The minimum atomic E-state index is -0.942. The molecule has 2 aromatic rings. The van der Waals surface area contributed by atoms with E-state index in [4.69, 9.17) is 9.63 Å². The van der Waals surface area contributed by atoms with E-state index >= 15 is 0 Å².